The van der Waals surface area contributed by atoms with Gasteiger partial charge in [-0.05, 0) is 69.4 Å². The number of fused-ring (bicyclic) bond motifs is 2. The van der Waals surface area contributed by atoms with Crippen molar-refractivity contribution in [3.8, 4) is 0 Å². The van der Waals surface area contributed by atoms with Gasteiger partial charge in [-0.3, -0.25) is 9.59 Å². The predicted octanol–water partition coefficient (Wildman–Crippen LogP) is 4.05. The summed E-state index contributed by atoms with van der Waals surface area (Å²) < 4.78 is 6.67. The standard InChI is InChI=1S/C28H34N6O3S/c1-16-3-5-23(18-4-6-24-21(11-18)32-27(38-24)17-7-9-33(2)10-8-17)34(13-16)28(36)26(35)31-22-12-30-25(29)20-15-37-14-19(20)22/h4,6,11-12,16-17,23H,3,5,7-10,13-15H2,1-2H3,(H2,29,30)(H,31,35). The largest absolute Gasteiger partial charge is 0.383 e. The Morgan fingerprint density at radius 1 is 1.13 bits per heavy atom. The van der Waals surface area contributed by atoms with Crippen molar-refractivity contribution >= 4 is 44.9 Å². The van der Waals surface area contributed by atoms with Crippen molar-refractivity contribution in [1.29, 1.82) is 0 Å². The number of amides is 2. The summed E-state index contributed by atoms with van der Waals surface area (Å²) in [6.45, 7) is 5.56. The van der Waals surface area contributed by atoms with Gasteiger partial charge in [0.05, 0.1) is 46.4 Å². The van der Waals surface area contributed by atoms with Gasteiger partial charge in [-0.25, -0.2) is 9.97 Å². The van der Waals surface area contributed by atoms with E-state index in [1.54, 1.807) is 16.2 Å². The first-order chi connectivity index (χ1) is 18.4. The van der Waals surface area contributed by atoms with Gasteiger partial charge in [-0.15, -0.1) is 11.3 Å². The monoisotopic (exact) mass is 534 g/mol. The summed E-state index contributed by atoms with van der Waals surface area (Å²) in [6.07, 6.45) is 5.59. The Morgan fingerprint density at radius 2 is 1.92 bits per heavy atom. The molecule has 6 rings (SSSR count). The molecule has 3 aromatic rings. The van der Waals surface area contributed by atoms with E-state index in [2.05, 4.69) is 47.4 Å². The molecule has 5 heterocycles. The summed E-state index contributed by atoms with van der Waals surface area (Å²) in [5.74, 6) is 0.0283. The number of pyridine rings is 1. The van der Waals surface area contributed by atoms with Gasteiger partial charge in [-0.2, -0.15) is 0 Å². The SMILES string of the molecule is CC1CCC(c2ccc3sc(C4CCN(C)CC4)nc3c2)N(C(=O)C(=O)Nc2cnc(N)c3c2COC3)C1. The Morgan fingerprint density at radius 3 is 2.74 bits per heavy atom. The lowest BCUT2D eigenvalue weighted by Crippen LogP contribution is -2.46. The van der Waals surface area contributed by atoms with Crippen LogP contribution in [-0.4, -0.2) is 58.3 Å². The van der Waals surface area contributed by atoms with E-state index in [4.69, 9.17) is 15.5 Å². The normalized spacial score (nSPS) is 22.5. The molecule has 1 aromatic carbocycles. The number of carbonyl (C=O) groups excluding carboxylic acids is 2. The number of nitrogen functional groups attached to an aromatic ring is 1. The van der Waals surface area contributed by atoms with E-state index in [1.807, 2.05) is 0 Å². The first-order valence-electron chi connectivity index (χ1n) is 13.4. The first kappa shape index (κ1) is 25.2. The Hall–Kier alpha value is -3.08. The van der Waals surface area contributed by atoms with Crippen molar-refractivity contribution in [3.05, 3.63) is 46.1 Å². The van der Waals surface area contributed by atoms with Crippen LogP contribution in [0, 0.1) is 5.92 Å². The van der Waals surface area contributed by atoms with Gasteiger partial charge in [0.2, 0.25) is 0 Å². The smallest absolute Gasteiger partial charge is 0.313 e. The second kappa shape index (κ2) is 10.2. The van der Waals surface area contributed by atoms with E-state index < -0.39 is 11.8 Å². The molecule has 3 N–H and O–H groups in total. The highest BCUT2D eigenvalue weighted by molar-refractivity contribution is 7.18. The number of aromatic nitrogens is 2. The third kappa shape index (κ3) is 4.76. The van der Waals surface area contributed by atoms with Gasteiger partial charge in [0.15, 0.2) is 0 Å². The average molecular weight is 535 g/mol. The number of likely N-dealkylation sites (tertiary alicyclic amines) is 2. The van der Waals surface area contributed by atoms with E-state index in [9.17, 15) is 9.59 Å². The Labute approximate surface area is 226 Å². The molecule has 9 nitrogen and oxygen atoms in total. The van der Waals surface area contributed by atoms with Crippen molar-refractivity contribution in [2.24, 2.45) is 5.92 Å². The van der Waals surface area contributed by atoms with Crippen LogP contribution in [0.4, 0.5) is 11.5 Å². The maximum absolute atomic E-state index is 13.5. The lowest BCUT2D eigenvalue weighted by atomic mass is 9.89. The molecule has 2 unspecified atom stereocenters. The number of nitrogens with two attached hydrogens (primary N) is 1. The molecule has 200 valence electrons. The van der Waals surface area contributed by atoms with Crippen molar-refractivity contribution in [2.45, 2.75) is 57.8 Å². The number of hydrogen-bond donors (Lipinski definition) is 2. The predicted molar refractivity (Wildman–Crippen MR) is 148 cm³/mol. The fraction of sp³-hybridized carbons (Fsp3) is 0.500. The van der Waals surface area contributed by atoms with E-state index in [1.165, 1.54) is 15.9 Å². The minimum Gasteiger partial charge on any atom is -0.383 e. The third-order valence-electron chi connectivity index (χ3n) is 8.23. The molecule has 2 saturated heterocycles. The molecule has 0 radical (unpaired) electrons. The molecule has 3 aliphatic rings. The number of carbonyl (C=O) groups is 2. The number of nitrogens with one attached hydrogen (secondary N) is 1. The second-order valence-electron chi connectivity index (χ2n) is 11.0. The molecule has 0 aliphatic carbocycles. The van der Waals surface area contributed by atoms with Crippen LogP contribution >= 0.6 is 11.3 Å². The first-order valence-corrected chi connectivity index (χ1v) is 14.2. The molecule has 2 atom stereocenters. The molecule has 10 heteroatoms. The number of hydrogen-bond acceptors (Lipinski definition) is 8. The highest BCUT2D eigenvalue weighted by Crippen LogP contribution is 2.38. The summed E-state index contributed by atoms with van der Waals surface area (Å²) in [7, 11) is 2.17. The van der Waals surface area contributed by atoms with E-state index in [0.29, 0.717) is 43.1 Å². The van der Waals surface area contributed by atoms with Crippen LogP contribution in [0.2, 0.25) is 0 Å². The summed E-state index contributed by atoms with van der Waals surface area (Å²) in [5.41, 5.74) is 10.0. The molecular formula is C28H34N6O3S. The zero-order valence-corrected chi connectivity index (χ0v) is 22.7. The number of rotatable bonds is 3. The van der Waals surface area contributed by atoms with Crippen molar-refractivity contribution in [3.63, 3.8) is 0 Å². The topological polar surface area (TPSA) is 114 Å². The van der Waals surface area contributed by atoms with Gasteiger partial charge >= 0.3 is 11.8 Å². The average Bonchev–Trinajstić information content (AvgIpc) is 3.58. The second-order valence-corrected chi connectivity index (χ2v) is 12.0. The van der Waals surface area contributed by atoms with Gasteiger partial charge in [0.1, 0.15) is 5.82 Å². The molecule has 38 heavy (non-hydrogen) atoms. The highest BCUT2D eigenvalue weighted by Gasteiger charge is 2.35. The van der Waals surface area contributed by atoms with Crippen molar-refractivity contribution < 1.29 is 14.3 Å². The lowest BCUT2D eigenvalue weighted by Gasteiger charge is -2.38. The van der Waals surface area contributed by atoms with E-state index >= 15 is 0 Å². The van der Waals surface area contributed by atoms with Crippen molar-refractivity contribution in [2.75, 3.05) is 37.7 Å². The maximum Gasteiger partial charge on any atom is 0.313 e. The number of ether oxygens (including phenoxy) is 1. The van der Waals surface area contributed by atoms with Crippen LogP contribution in [0.3, 0.4) is 0 Å². The highest BCUT2D eigenvalue weighted by atomic mass is 32.1. The van der Waals surface area contributed by atoms with Crippen LogP contribution in [0.1, 0.15) is 66.3 Å². The van der Waals surface area contributed by atoms with Crippen LogP contribution < -0.4 is 11.1 Å². The number of anilines is 2. The molecule has 2 fully saturated rings. The van der Waals surface area contributed by atoms with Gasteiger partial charge in [-0.1, -0.05) is 13.0 Å². The fourth-order valence-electron chi connectivity index (χ4n) is 5.93. The summed E-state index contributed by atoms with van der Waals surface area (Å²) in [6, 6.07) is 6.19. The molecule has 0 bridgehead atoms. The minimum absolute atomic E-state index is 0.166. The maximum atomic E-state index is 13.5. The Kier molecular flexibility index (Phi) is 6.79. The minimum atomic E-state index is -0.663. The quantitative estimate of drug-likeness (QED) is 0.487. The lowest BCUT2D eigenvalue weighted by molar-refractivity contribution is -0.146. The van der Waals surface area contributed by atoms with E-state index in [-0.39, 0.29) is 6.04 Å². The Balaban J connectivity index is 1.23. The zero-order valence-electron chi connectivity index (χ0n) is 21.9. The van der Waals surface area contributed by atoms with Crippen LogP contribution in [0.5, 0.6) is 0 Å². The number of piperidine rings is 2. The summed E-state index contributed by atoms with van der Waals surface area (Å²) >= 11 is 1.79. The molecule has 2 aromatic heterocycles. The van der Waals surface area contributed by atoms with Crippen LogP contribution in [-0.2, 0) is 27.5 Å². The van der Waals surface area contributed by atoms with Gasteiger partial charge in [0.25, 0.3) is 0 Å². The third-order valence-corrected chi connectivity index (χ3v) is 9.42. The van der Waals surface area contributed by atoms with Gasteiger partial charge < -0.3 is 25.6 Å². The van der Waals surface area contributed by atoms with Crippen molar-refractivity contribution in [1.82, 2.24) is 19.8 Å². The van der Waals surface area contributed by atoms with Crippen LogP contribution in [0.25, 0.3) is 10.2 Å². The molecule has 0 spiro atoms. The summed E-state index contributed by atoms with van der Waals surface area (Å²) in [4.78, 5) is 40.0. The number of thiazole rings is 1. The molecule has 3 aliphatic heterocycles. The van der Waals surface area contributed by atoms with Gasteiger partial charge in [0, 0.05) is 23.6 Å². The van der Waals surface area contributed by atoms with E-state index in [0.717, 1.165) is 61.0 Å². The summed E-state index contributed by atoms with van der Waals surface area (Å²) in [5, 5.41) is 4.00. The number of nitrogens with zero attached hydrogens (tertiary/aromatic N) is 4. The number of benzene rings is 1. The molecular weight excluding hydrogens is 500 g/mol. The fourth-order valence-corrected chi connectivity index (χ4v) is 7.04. The van der Waals surface area contributed by atoms with Crippen LogP contribution in [0.15, 0.2) is 24.4 Å². The zero-order chi connectivity index (χ0) is 26.4. The Bertz CT molecular complexity index is 1380. The molecule has 2 amide bonds. The molecule has 0 saturated carbocycles.